The number of carboxylic acid groups (broad SMARTS) is 1. The number of aliphatic carboxylic acids is 1. The summed E-state index contributed by atoms with van der Waals surface area (Å²) in [4.78, 5) is 26.1. The smallest absolute Gasteiger partial charge is 0.314 e. The molecule has 2 rings (SSSR count). The van der Waals surface area contributed by atoms with Crippen molar-refractivity contribution in [1.82, 2.24) is 4.90 Å². The number of aliphatic hydroxyl groups is 1. The lowest BCUT2D eigenvalue weighted by atomic mass is 9.72. The van der Waals surface area contributed by atoms with Gasteiger partial charge < -0.3 is 15.1 Å². The molecule has 1 aliphatic heterocycles. The molecule has 150 valence electrons. The van der Waals surface area contributed by atoms with Crippen LogP contribution in [0.25, 0.3) is 0 Å². The molecule has 1 saturated heterocycles. The molecule has 1 amide bonds. The van der Waals surface area contributed by atoms with E-state index in [0.717, 1.165) is 0 Å². The molecule has 4 N–H and O–H groups in total. The first-order valence-electron chi connectivity index (χ1n) is 8.81. The minimum Gasteiger partial charge on any atom is -0.481 e. The second kappa shape index (κ2) is 7.95. The van der Waals surface area contributed by atoms with Gasteiger partial charge in [0.25, 0.3) is 5.91 Å². The fraction of sp³-hybridized carbons (Fsp3) is 0.556. The number of rotatable bonds is 6. The van der Waals surface area contributed by atoms with Crippen LogP contribution in [-0.2, 0) is 14.8 Å². The number of benzene rings is 1. The minimum atomic E-state index is -3.86. The fourth-order valence-corrected chi connectivity index (χ4v) is 3.85. The van der Waals surface area contributed by atoms with E-state index in [1.807, 2.05) is 13.8 Å². The molecule has 1 heterocycles. The Hall–Kier alpha value is -1.97. The SMILES string of the molecule is CC(C)CC[C@@]1(C(=O)O)CN(C(=O)c2ccc(S(N)(=O)=O)cc2)CC[C@@H]1O. The lowest BCUT2D eigenvalue weighted by Crippen LogP contribution is -2.57. The van der Waals surface area contributed by atoms with Crippen LogP contribution < -0.4 is 5.14 Å². The first kappa shape index (κ1) is 21.3. The Morgan fingerprint density at radius 2 is 1.89 bits per heavy atom. The molecule has 27 heavy (non-hydrogen) atoms. The van der Waals surface area contributed by atoms with E-state index in [0.29, 0.717) is 6.42 Å². The number of hydrogen-bond acceptors (Lipinski definition) is 5. The van der Waals surface area contributed by atoms with Crippen LogP contribution in [0.15, 0.2) is 29.2 Å². The third-order valence-corrected chi connectivity index (χ3v) is 6.02. The van der Waals surface area contributed by atoms with E-state index < -0.39 is 33.4 Å². The van der Waals surface area contributed by atoms with Crippen molar-refractivity contribution in [3.05, 3.63) is 29.8 Å². The molecule has 1 aliphatic rings. The van der Waals surface area contributed by atoms with Gasteiger partial charge in [-0.1, -0.05) is 13.8 Å². The molecule has 1 aromatic rings. The zero-order valence-electron chi connectivity index (χ0n) is 15.5. The van der Waals surface area contributed by atoms with Crippen LogP contribution in [0.2, 0.25) is 0 Å². The van der Waals surface area contributed by atoms with Crippen molar-refractivity contribution in [2.75, 3.05) is 13.1 Å². The number of sulfonamides is 1. The van der Waals surface area contributed by atoms with Crippen LogP contribution in [0.3, 0.4) is 0 Å². The first-order chi connectivity index (χ1) is 12.5. The maximum atomic E-state index is 12.8. The van der Waals surface area contributed by atoms with Crippen LogP contribution in [0.1, 0.15) is 43.5 Å². The molecule has 9 heteroatoms. The van der Waals surface area contributed by atoms with E-state index in [1.54, 1.807) is 0 Å². The molecule has 0 bridgehead atoms. The van der Waals surface area contributed by atoms with E-state index >= 15 is 0 Å². The van der Waals surface area contributed by atoms with Crippen LogP contribution in [0.4, 0.5) is 0 Å². The predicted octanol–water partition coefficient (Wildman–Crippen LogP) is 1.05. The van der Waals surface area contributed by atoms with Gasteiger partial charge in [-0.2, -0.15) is 0 Å². The van der Waals surface area contributed by atoms with Gasteiger partial charge in [-0.15, -0.1) is 0 Å². The van der Waals surface area contributed by atoms with E-state index in [-0.39, 0.29) is 42.3 Å². The lowest BCUT2D eigenvalue weighted by molar-refractivity contribution is -0.163. The molecule has 0 radical (unpaired) electrons. The maximum absolute atomic E-state index is 12.8. The van der Waals surface area contributed by atoms with Crippen molar-refractivity contribution in [2.45, 2.75) is 44.1 Å². The number of carboxylic acids is 1. The number of nitrogens with zero attached hydrogens (tertiary/aromatic N) is 1. The number of aliphatic hydroxyl groups excluding tert-OH is 1. The molecule has 0 aliphatic carbocycles. The van der Waals surface area contributed by atoms with Gasteiger partial charge in [0.15, 0.2) is 0 Å². The Morgan fingerprint density at radius 1 is 1.30 bits per heavy atom. The Labute approximate surface area is 159 Å². The molecule has 8 nitrogen and oxygen atoms in total. The van der Waals surface area contributed by atoms with E-state index in [1.165, 1.54) is 29.2 Å². The van der Waals surface area contributed by atoms with Crippen molar-refractivity contribution in [3.8, 4) is 0 Å². The summed E-state index contributed by atoms with van der Waals surface area (Å²) in [6.45, 7) is 4.08. The van der Waals surface area contributed by atoms with Crippen molar-refractivity contribution < 1.29 is 28.2 Å². The molecule has 1 aromatic carbocycles. The third kappa shape index (κ3) is 4.66. The van der Waals surface area contributed by atoms with Gasteiger partial charge in [-0.25, -0.2) is 13.6 Å². The number of carbonyl (C=O) groups is 2. The summed E-state index contributed by atoms with van der Waals surface area (Å²) in [5, 5.41) is 25.2. The Bertz CT molecular complexity index is 806. The average molecular weight is 398 g/mol. The Kier molecular flexibility index (Phi) is 6.28. The number of likely N-dealkylation sites (tertiary alicyclic amines) is 1. The van der Waals surface area contributed by atoms with Crippen molar-refractivity contribution in [1.29, 1.82) is 0 Å². The number of nitrogens with two attached hydrogens (primary N) is 1. The van der Waals surface area contributed by atoms with Crippen LogP contribution >= 0.6 is 0 Å². The Morgan fingerprint density at radius 3 is 2.37 bits per heavy atom. The highest BCUT2D eigenvalue weighted by atomic mass is 32.2. The normalized spacial score (nSPS) is 23.4. The summed E-state index contributed by atoms with van der Waals surface area (Å²) >= 11 is 0. The highest BCUT2D eigenvalue weighted by molar-refractivity contribution is 7.89. The van der Waals surface area contributed by atoms with Crippen LogP contribution in [-0.4, -0.2) is 54.6 Å². The summed E-state index contributed by atoms with van der Waals surface area (Å²) in [7, 11) is -3.86. The molecular weight excluding hydrogens is 372 g/mol. The van der Waals surface area contributed by atoms with Gasteiger partial charge in [0.1, 0.15) is 5.41 Å². The van der Waals surface area contributed by atoms with E-state index in [9.17, 15) is 28.2 Å². The number of amides is 1. The minimum absolute atomic E-state index is 0.0913. The first-order valence-corrected chi connectivity index (χ1v) is 10.4. The highest BCUT2D eigenvalue weighted by Gasteiger charge is 2.49. The quantitative estimate of drug-likeness (QED) is 0.655. The average Bonchev–Trinajstić information content (AvgIpc) is 2.59. The monoisotopic (exact) mass is 398 g/mol. The molecule has 0 spiro atoms. The maximum Gasteiger partial charge on any atom is 0.314 e. The van der Waals surface area contributed by atoms with Gasteiger partial charge in [0.05, 0.1) is 11.0 Å². The topological polar surface area (TPSA) is 138 Å². The van der Waals surface area contributed by atoms with Gasteiger partial charge in [0, 0.05) is 18.7 Å². The summed E-state index contributed by atoms with van der Waals surface area (Å²) in [6.07, 6.45) is 0.0392. The zero-order valence-corrected chi connectivity index (χ0v) is 16.3. The Balaban J connectivity index is 2.25. The third-order valence-electron chi connectivity index (χ3n) is 5.09. The number of piperidine rings is 1. The molecule has 0 saturated carbocycles. The van der Waals surface area contributed by atoms with E-state index in [2.05, 4.69) is 0 Å². The van der Waals surface area contributed by atoms with Crippen LogP contribution in [0.5, 0.6) is 0 Å². The summed E-state index contributed by atoms with van der Waals surface area (Å²) in [6, 6.07) is 5.18. The van der Waals surface area contributed by atoms with Gasteiger partial charge in [-0.05, 0) is 49.4 Å². The molecule has 2 atom stereocenters. The van der Waals surface area contributed by atoms with Gasteiger partial charge in [0.2, 0.25) is 10.0 Å². The largest absolute Gasteiger partial charge is 0.481 e. The molecule has 0 unspecified atom stereocenters. The molecule has 1 fully saturated rings. The van der Waals surface area contributed by atoms with Crippen LogP contribution in [0, 0.1) is 11.3 Å². The van der Waals surface area contributed by atoms with Crippen molar-refractivity contribution in [2.24, 2.45) is 16.5 Å². The van der Waals surface area contributed by atoms with Gasteiger partial charge >= 0.3 is 5.97 Å². The van der Waals surface area contributed by atoms with Crippen molar-refractivity contribution in [3.63, 3.8) is 0 Å². The van der Waals surface area contributed by atoms with E-state index in [4.69, 9.17) is 5.14 Å². The summed E-state index contributed by atoms with van der Waals surface area (Å²) in [5.74, 6) is -1.25. The predicted molar refractivity (Wildman–Crippen MR) is 98.5 cm³/mol. The second-order valence-electron chi connectivity index (χ2n) is 7.49. The zero-order chi connectivity index (χ0) is 20.4. The molecule has 0 aromatic heterocycles. The standard InChI is InChI=1S/C18H26N2O6S/c1-12(2)7-9-18(17(23)24)11-20(10-8-15(18)21)16(22)13-3-5-14(6-4-13)27(19,25)26/h3-6,12,15,21H,7-11H2,1-2H3,(H,23,24)(H2,19,25,26)/t15-,18+/m0/s1. The second-order valence-corrected chi connectivity index (χ2v) is 9.06. The number of primary sulfonamides is 1. The van der Waals surface area contributed by atoms with Crippen molar-refractivity contribution >= 4 is 21.9 Å². The fourth-order valence-electron chi connectivity index (χ4n) is 3.33. The highest BCUT2D eigenvalue weighted by Crippen LogP contribution is 2.37. The summed E-state index contributed by atoms with van der Waals surface area (Å²) in [5.41, 5.74) is -1.17. The number of carbonyl (C=O) groups excluding carboxylic acids is 1. The van der Waals surface area contributed by atoms with Gasteiger partial charge in [-0.3, -0.25) is 9.59 Å². The molecular formula is C18H26N2O6S. The lowest BCUT2D eigenvalue weighted by Gasteiger charge is -2.43. The summed E-state index contributed by atoms with van der Waals surface area (Å²) < 4.78 is 22.7. The number of hydrogen-bond donors (Lipinski definition) is 3.